The minimum atomic E-state index is 0.0553. The van der Waals surface area contributed by atoms with Crippen LogP contribution in [0.2, 0.25) is 0 Å². The number of aromatic amines is 2. The average Bonchev–Trinajstić information content (AvgIpc) is 2.95. The van der Waals surface area contributed by atoms with Crippen molar-refractivity contribution in [3.8, 4) is 0 Å². The van der Waals surface area contributed by atoms with Crippen molar-refractivity contribution >= 4 is 28.5 Å². The number of nitrogens with zero attached hydrogens (tertiary/aromatic N) is 2. The molecule has 0 aliphatic carbocycles. The molecule has 0 atom stereocenters. The van der Waals surface area contributed by atoms with Crippen LogP contribution in [-0.2, 0) is 13.0 Å². The lowest BCUT2D eigenvalue weighted by Gasteiger charge is -2.26. The van der Waals surface area contributed by atoms with E-state index in [1.165, 1.54) is 0 Å². The molecule has 0 saturated carbocycles. The van der Waals surface area contributed by atoms with E-state index in [0.29, 0.717) is 12.2 Å². The highest BCUT2D eigenvalue weighted by Crippen LogP contribution is 2.18. The molecule has 2 aromatic rings. The Kier molecular flexibility index (Phi) is 2.65. The maximum atomic E-state index is 12.2. The third kappa shape index (κ3) is 1.97. The van der Waals surface area contributed by atoms with Crippen molar-refractivity contribution in [1.82, 2.24) is 20.1 Å². The van der Waals surface area contributed by atoms with E-state index in [0.717, 1.165) is 27.8 Å². The Morgan fingerprint density at radius 3 is 3.18 bits per heavy atom. The zero-order chi connectivity index (χ0) is 11.8. The van der Waals surface area contributed by atoms with Crippen LogP contribution in [0, 0.1) is 3.57 Å². The van der Waals surface area contributed by atoms with Gasteiger partial charge >= 0.3 is 0 Å². The Bertz CT molecular complexity index is 559. The van der Waals surface area contributed by atoms with Crippen LogP contribution >= 0.6 is 22.6 Å². The first-order valence-electron chi connectivity index (χ1n) is 5.38. The van der Waals surface area contributed by atoms with Crippen LogP contribution < -0.4 is 0 Å². The molecule has 5 nitrogen and oxygen atoms in total. The normalized spacial score (nSPS) is 14.8. The maximum absolute atomic E-state index is 12.2. The van der Waals surface area contributed by atoms with E-state index in [9.17, 15) is 4.79 Å². The van der Waals surface area contributed by atoms with Crippen molar-refractivity contribution < 1.29 is 4.79 Å². The van der Waals surface area contributed by atoms with Crippen LogP contribution in [0.15, 0.2) is 18.5 Å². The number of halogens is 1. The standard InChI is InChI=1S/C11H11IN4O/c12-8-3-10(13-5-8)11(17)16-2-1-9-7(6-16)4-14-15-9/h3-5,13H,1-2,6H2,(H,14,15). The zero-order valence-electron chi connectivity index (χ0n) is 9.03. The van der Waals surface area contributed by atoms with Crippen LogP contribution in [0.5, 0.6) is 0 Å². The predicted octanol–water partition coefficient (Wildman–Crippen LogP) is 1.54. The number of H-pyrrole nitrogens is 2. The maximum Gasteiger partial charge on any atom is 0.270 e. The molecule has 1 amide bonds. The lowest BCUT2D eigenvalue weighted by molar-refractivity contribution is 0.0729. The Hall–Kier alpha value is -1.31. The summed E-state index contributed by atoms with van der Waals surface area (Å²) in [5, 5.41) is 6.97. The molecule has 3 heterocycles. The lowest BCUT2D eigenvalue weighted by Crippen LogP contribution is -2.35. The third-order valence-electron chi connectivity index (χ3n) is 2.97. The van der Waals surface area contributed by atoms with E-state index in [1.54, 1.807) is 6.20 Å². The highest BCUT2D eigenvalue weighted by Gasteiger charge is 2.23. The second-order valence-corrected chi connectivity index (χ2v) is 5.33. The summed E-state index contributed by atoms with van der Waals surface area (Å²) in [5.41, 5.74) is 2.92. The highest BCUT2D eigenvalue weighted by atomic mass is 127. The Morgan fingerprint density at radius 2 is 2.41 bits per heavy atom. The molecule has 0 aromatic carbocycles. The molecule has 0 bridgehead atoms. The average molecular weight is 342 g/mol. The number of rotatable bonds is 1. The van der Waals surface area contributed by atoms with Gasteiger partial charge < -0.3 is 9.88 Å². The van der Waals surface area contributed by atoms with Crippen LogP contribution in [0.25, 0.3) is 0 Å². The fourth-order valence-corrected chi connectivity index (χ4v) is 2.52. The number of hydrogen-bond donors (Lipinski definition) is 2. The van der Waals surface area contributed by atoms with Gasteiger partial charge in [-0.15, -0.1) is 0 Å². The van der Waals surface area contributed by atoms with Crippen molar-refractivity contribution in [2.45, 2.75) is 13.0 Å². The van der Waals surface area contributed by atoms with Crippen LogP contribution in [0.4, 0.5) is 0 Å². The van der Waals surface area contributed by atoms with E-state index in [4.69, 9.17) is 0 Å². The summed E-state index contributed by atoms with van der Waals surface area (Å²) in [7, 11) is 0. The van der Waals surface area contributed by atoms with Crippen molar-refractivity contribution in [2.24, 2.45) is 0 Å². The van der Waals surface area contributed by atoms with E-state index in [1.807, 2.05) is 17.2 Å². The highest BCUT2D eigenvalue weighted by molar-refractivity contribution is 14.1. The van der Waals surface area contributed by atoms with E-state index in [2.05, 4.69) is 37.8 Å². The van der Waals surface area contributed by atoms with Crippen LogP contribution in [-0.4, -0.2) is 32.5 Å². The molecule has 2 aromatic heterocycles. The fourth-order valence-electron chi connectivity index (χ4n) is 2.06. The van der Waals surface area contributed by atoms with Crippen molar-refractivity contribution in [3.63, 3.8) is 0 Å². The van der Waals surface area contributed by atoms with E-state index >= 15 is 0 Å². The monoisotopic (exact) mass is 342 g/mol. The molecule has 0 radical (unpaired) electrons. The Morgan fingerprint density at radius 1 is 1.53 bits per heavy atom. The van der Waals surface area contributed by atoms with Gasteiger partial charge in [-0.3, -0.25) is 9.89 Å². The number of carbonyl (C=O) groups excluding carboxylic acids is 1. The third-order valence-corrected chi connectivity index (χ3v) is 3.59. The fraction of sp³-hybridized carbons (Fsp3) is 0.273. The molecule has 1 aliphatic heterocycles. The number of aromatic nitrogens is 3. The summed E-state index contributed by atoms with van der Waals surface area (Å²) < 4.78 is 1.05. The van der Waals surface area contributed by atoms with Crippen LogP contribution in [0.3, 0.4) is 0 Å². The van der Waals surface area contributed by atoms with Gasteiger partial charge in [-0.25, -0.2) is 0 Å². The first-order valence-corrected chi connectivity index (χ1v) is 6.46. The molecule has 0 unspecified atom stereocenters. The van der Waals surface area contributed by atoms with Crippen molar-refractivity contribution in [3.05, 3.63) is 39.0 Å². The predicted molar refractivity (Wildman–Crippen MR) is 70.5 cm³/mol. The van der Waals surface area contributed by atoms with Gasteiger partial charge in [-0.1, -0.05) is 0 Å². The zero-order valence-corrected chi connectivity index (χ0v) is 11.2. The van der Waals surface area contributed by atoms with Gasteiger partial charge in [0.15, 0.2) is 0 Å². The summed E-state index contributed by atoms with van der Waals surface area (Å²) in [6.07, 6.45) is 4.48. The minimum Gasteiger partial charge on any atom is -0.356 e. The first kappa shape index (κ1) is 10.8. The minimum absolute atomic E-state index is 0.0553. The second-order valence-electron chi connectivity index (χ2n) is 4.08. The Balaban J connectivity index is 1.81. The molecule has 17 heavy (non-hydrogen) atoms. The van der Waals surface area contributed by atoms with Gasteiger partial charge in [-0.2, -0.15) is 5.10 Å². The molecule has 3 rings (SSSR count). The van der Waals surface area contributed by atoms with Crippen molar-refractivity contribution in [2.75, 3.05) is 6.54 Å². The number of carbonyl (C=O) groups is 1. The second kappa shape index (κ2) is 4.17. The van der Waals surface area contributed by atoms with Crippen LogP contribution in [0.1, 0.15) is 21.7 Å². The molecule has 88 valence electrons. The molecule has 2 N–H and O–H groups in total. The topological polar surface area (TPSA) is 64.8 Å². The van der Waals surface area contributed by atoms with Gasteiger partial charge in [0.05, 0.1) is 6.20 Å². The summed E-state index contributed by atoms with van der Waals surface area (Å²) >= 11 is 2.19. The summed E-state index contributed by atoms with van der Waals surface area (Å²) in [4.78, 5) is 17.1. The molecule has 0 spiro atoms. The molecular formula is C11H11IN4O. The van der Waals surface area contributed by atoms with E-state index < -0.39 is 0 Å². The summed E-state index contributed by atoms with van der Waals surface area (Å²) in [5.74, 6) is 0.0553. The van der Waals surface area contributed by atoms with Crippen molar-refractivity contribution in [1.29, 1.82) is 0 Å². The van der Waals surface area contributed by atoms with Gasteiger partial charge in [0.2, 0.25) is 0 Å². The molecule has 0 fully saturated rings. The van der Waals surface area contributed by atoms with Gasteiger partial charge in [0.1, 0.15) is 5.69 Å². The smallest absolute Gasteiger partial charge is 0.270 e. The number of fused-ring (bicyclic) bond motifs is 1. The molecule has 1 aliphatic rings. The molecule has 6 heteroatoms. The number of amides is 1. The Labute approximate surface area is 112 Å². The van der Waals surface area contributed by atoms with Gasteiger partial charge in [0, 0.05) is 40.5 Å². The first-order chi connectivity index (χ1) is 8.24. The van der Waals surface area contributed by atoms with Gasteiger partial charge in [0.25, 0.3) is 5.91 Å². The molecule has 0 saturated heterocycles. The quantitative estimate of drug-likeness (QED) is 0.773. The van der Waals surface area contributed by atoms with Gasteiger partial charge in [-0.05, 0) is 28.7 Å². The van der Waals surface area contributed by atoms with E-state index in [-0.39, 0.29) is 5.91 Å². The summed E-state index contributed by atoms with van der Waals surface area (Å²) in [6.45, 7) is 1.38. The number of nitrogens with one attached hydrogen (secondary N) is 2. The summed E-state index contributed by atoms with van der Waals surface area (Å²) in [6, 6.07) is 1.87. The lowest BCUT2D eigenvalue weighted by atomic mass is 10.1. The largest absolute Gasteiger partial charge is 0.356 e. The number of hydrogen-bond acceptors (Lipinski definition) is 2. The SMILES string of the molecule is O=C(c1cc(I)c[nH]1)N1CCc2[nH]ncc2C1. The molecular weight excluding hydrogens is 331 g/mol.